The van der Waals surface area contributed by atoms with Crippen molar-refractivity contribution in [3.8, 4) is 0 Å². The van der Waals surface area contributed by atoms with E-state index in [2.05, 4.69) is 13.8 Å². The van der Waals surface area contributed by atoms with Gasteiger partial charge in [0.05, 0.1) is 6.04 Å². The molecule has 1 aromatic rings. The zero-order chi connectivity index (χ0) is 9.14. The summed E-state index contributed by atoms with van der Waals surface area (Å²) in [7, 11) is 0. The van der Waals surface area contributed by atoms with Crippen molar-refractivity contribution < 1.29 is 4.42 Å². The minimum Gasteiger partial charge on any atom is -0.465 e. The van der Waals surface area contributed by atoms with E-state index in [4.69, 9.17) is 10.2 Å². The molecule has 1 heterocycles. The van der Waals surface area contributed by atoms with Gasteiger partial charge < -0.3 is 10.2 Å². The van der Waals surface area contributed by atoms with Gasteiger partial charge in [0.25, 0.3) is 0 Å². The highest BCUT2D eigenvalue weighted by atomic mass is 16.3. The molecule has 2 N–H and O–H groups in total. The molecule has 2 nitrogen and oxygen atoms in total. The highest BCUT2D eigenvalue weighted by Gasteiger charge is 2.11. The van der Waals surface area contributed by atoms with Gasteiger partial charge in [-0.25, -0.2) is 0 Å². The van der Waals surface area contributed by atoms with Crippen molar-refractivity contribution in [3.63, 3.8) is 0 Å². The number of nitrogens with two attached hydrogens (primary N) is 1. The van der Waals surface area contributed by atoms with Gasteiger partial charge in [0.15, 0.2) is 0 Å². The Hall–Kier alpha value is -0.760. The van der Waals surface area contributed by atoms with Gasteiger partial charge in [0, 0.05) is 0 Å². The Labute approximate surface area is 73.8 Å². The summed E-state index contributed by atoms with van der Waals surface area (Å²) in [4.78, 5) is 0. The maximum atomic E-state index is 5.92. The molecular weight excluding hydrogens is 150 g/mol. The number of hydrogen-bond acceptors (Lipinski definition) is 2. The Bertz CT molecular complexity index is 240. The van der Waals surface area contributed by atoms with Gasteiger partial charge >= 0.3 is 0 Å². The fourth-order valence-corrected chi connectivity index (χ4v) is 1.28. The highest BCUT2D eigenvalue weighted by Crippen LogP contribution is 2.20. The zero-order valence-electron chi connectivity index (χ0n) is 8.00. The van der Waals surface area contributed by atoms with Crippen LogP contribution in [0.3, 0.4) is 0 Å². The third-order valence-electron chi connectivity index (χ3n) is 1.85. The van der Waals surface area contributed by atoms with Gasteiger partial charge in [0.1, 0.15) is 11.5 Å². The van der Waals surface area contributed by atoms with E-state index in [0.717, 1.165) is 17.9 Å². The minimum absolute atomic E-state index is 0.0544. The lowest BCUT2D eigenvalue weighted by Crippen LogP contribution is -2.11. The zero-order valence-corrected chi connectivity index (χ0v) is 8.00. The molecule has 1 atom stereocenters. The third-order valence-corrected chi connectivity index (χ3v) is 1.85. The number of hydrogen-bond donors (Lipinski definition) is 1. The van der Waals surface area contributed by atoms with Crippen LogP contribution in [0.5, 0.6) is 0 Å². The van der Waals surface area contributed by atoms with Crippen molar-refractivity contribution in [2.45, 2.75) is 33.2 Å². The Balaban J connectivity index is 2.58. The lowest BCUT2D eigenvalue weighted by atomic mass is 10.0. The average Bonchev–Trinajstić information content (AvgIpc) is 2.34. The van der Waals surface area contributed by atoms with Crippen molar-refractivity contribution in [2.75, 3.05) is 0 Å². The highest BCUT2D eigenvalue weighted by molar-refractivity contribution is 5.09. The van der Waals surface area contributed by atoms with E-state index in [0.29, 0.717) is 5.92 Å². The van der Waals surface area contributed by atoms with Crippen LogP contribution in [0.4, 0.5) is 0 Å². The van der Waals surface area contributed by atoms with Crippen LogP contribution in [0.2, 0.25) is 0 Å². The minimum atomic E-state index is 0.0544. The Morgan fingerprint density at radius 1 is 1.42 bits per heavy atom. The summed E-state index contributed by atoms with van der Waals surface area (Å²) < 4.78 is 5.42. The normalized spacial score (nSPS) is 13.8. The van der Waals surface area contributed by atoms with Gasteiger partial charge in [-0.2, -0.15) is 0 Å². The lowest BCUT2D eigenvalue weighted by Gasteiger charge is -2.10. The smallest absolute Gasteiger partial charge is 0.120 e. The van der Waals surface area contributed by atoms with E-state index in [-0.39, 0.29) is 6.04 Å². The van der Waals surface area contributed by atoms with Crippen LogP contribution in [-0.4, -0.2) is 0 Å². The van der Waals surface area contributed by atoms with Gasteiger partial charge in [-0.05, 0) is 31.4 Å². The summed E-state index contributed by atoms with van der Waals surface area (Å²) in [5.74, 6) is 2.45. The van der Waals surface area contributed by atoms with Gasteiger partial charge in [-0.15, -0.1) is 0 Å². The third kappa shape index (κ3) is 2.38. The molecule has 68 valence electrons. The maximum absolute atomic E-state index is 5.92. The molecule has 0 aromatic carbocycles. The van der Waals surface area contributed by atoms with Crippen LogP contribution in [0.15, 0.2) is 16.5 Å². The molecular formula is C10H17NO. The van der Waals surface area contributed by atoms with Crippen LogP contribution in [0.1, 0.15) is 37.8 Å². The first-order valence-corrected chi connectivity index (χ1v) is 4.41. The number of furan rings is 1. The van der Waals surface area contributed by atoms with Gasteiger partial charge in [-0.3, -0.25) is 0 Å². The molecule has 0 amide bonds. The molecule has 0 fully saturated rings. The molecule has 0 saturated heterocycles. The molecule has 12 heavy (non-hydrogen) atoms. The molecule has 1 rings (SSSR count). The van der Waals surface area contributed by atoms with Crippen molar-refractivity contribution in [3.05, 3.63) is 23.7 Å². The van der Waals surface area contributed by atoms with E-state index in [9.17, 15) is 0 Å². The standard InChI is InChI=1S/C10H17NO/c1-7(2)6-9(11)10-5-4-8(3)12-10/h4-5,7,9H,6,11H2,1-3H3/t9-/m0/s1. The second-order valence-electron chi connectivity index (χ2n) is 3.68. The summed E-state index contributed by atoms with van der Waals surface area (Å²) in [5.41, 5.74) is 5.92. The van der Waals surface area contributed by atoms with Crippen molar-refractivity contribution >= 4 is 0 Å². The van der Waals surface area contributed by atoms with Crippen molar-refractivity contribution in [1.29, 1.82) is 0 Å². The number of rotatable bonds is 3. The lowest BCUT2D eigenvalue weighted by molar-refractivity contribution is 0.404. The summed E-state index contributed by atoms with van der Waals surface area (Å²) in [6.07, 6.45) is 0.979. The fourth-order valence-electron chi connectivity index (χ4n) is 1.28. The second kappa shape index (κ2) is 3.76. The predicted molar refractivity (Wildman–Crippen MR) is 49.8 cm³/mol. The monoisotopic (exact) mass is 167 g/mol. The molecule has 0 bridgehead atoms. The van der Waals surface area contributed by atoms with Crippen LogP contribution in [-0.2, 0) is 0 Å². The van der Waals surface area contributed by atoms with E-state index >= 15 is 0 Å². The van der Waals surface area contributed by atoms with E-state index in [1.54, 1.807) is 0 Å². The van der Waals surface area contributed by atoms with Gasteiger partial charge in [-0.1, -0.05) is 13.8 Å². The molecule has 0 aliphatic rings. The van der Waals surface area contributed by atoms with Crippen molar-refractivity contribution in [2.24, 2.45) is 11.7 Å². The van der Waals surface area contributed by atoms with Crippen LogP contribution in [0, 0.1) is 12.8 Å². The Morgan fingerprint density at radius 2 is 2.08 bits per heavy atom. The first kappa shape index (κ1) is 9.33. The number of aryl methyl sites for hydroxylation is 1. The molecule has 0 aliphatic carbocycles. The van der Waals surface area contributed by atoms with E-state index < -0.39 is 0 Å². The Kier molecular flexibility index (Phi) is 2.93. The Morgan fingerprint density at radius 3 is 2.50 bits per heavy atom. The summed E-state index contributed by atoms with van der Waals surface area (Å²) in [6.45, 7) is 6.26. The molecule has 2 heteroatoms. The fraction of sp³-hybridized carbons (Fsp3) is 0.600. The van der Waals surface area contributed by atoms with E-state index in [1.165, 1.54) is 0 Å². The summed E-state index contributed by atoms with van der Waals surface area (Å²) in [5, 5.41) is 0. The van der Waals surface area contributed by atoms with Crippen LogP contribution >= 0.6 is 0 Å². The summed E-state index contributed by atoms with van der Waals surface area (Å²) >= 11 is 0. The molecule has 0 saturated carbocycles. The van der Waals surface area contributed by atoms with Crippen LogP contribution in [0.25, 0.3) is 0 Å². The van der Waals surface area contributed by atoms with Crippen molar-refractivity contribution in [1.82, 2.24) is 0 Å². The molecule has 0 spiro atoms. The quantitative estimate of drug-likeness (QED) is 0.751. The second-order valence-corrected chi connectivity index (χ2v) is 3.68. The predicted octanol–water partition coefficient (Wildman–Crippen LogP) is 2.63. The topological polar surface area (TPSA) is 39.2 Å². The molecule has 1 aromatic heterocycles. The maximum Gasteiger partial charge on any atom is 0.120 e. The van der Waals surface area contributed by atoms with Crippen LogP contribution < -0.4 is 5.73 Å². The average molecular weight is 167 g/mol. The van der Waals surface area contributed by atoms with E-state index in [1.807, 2.05) is 19.1 Å². The molecule has 0 unspecified atom stereocenters. The summed E-state index contributed by atoms with van der Waals surface area (Å²) in [6, 6.07) is 3.97. The largest absolute Gasteiger partial charge is 0.465 e. The molecule has 0 radical (unpaired) electrons. The first-order valence-electron chi connectivity index (χ1n) is 4.41. The molecule has 0 aliphatic heterocycles. The first-order chi connectivity index (χ1) is 5.59. The SMILES string of the molecule is Cc1ccc([C@@H](N)CC(C)C)o1. The van der Waals surface area contributed by atoms with Gasteiger partial charge in [0.2, 0.25) is 0 Å².